The lowest BCUT2D eigenvalue weighted by Gasteiger charge is -2.39. The summed E-state index contributed by atoms with van der Waals surface area (Å²) in [6, 6.07) is 23.9. The third-order valence-electron chi connectivity index (χ3n) is 12.4. The van der Waals surface area contributed by atoms with E-state index in [1.54, 1.807) is 29.0 Å². The van der Waals surface area contributed by atoms with Crippen LogP contribution in [0.25, 0.3) is 0 Å². The number of hydrogen-bond donors (Lipinski definition) is 1. The summed E-state index contributed by atoms with van der Waals surface area (Å²) < 4.78 is 13.3. The average Bonchev–Trinajstić information content (AvgIpc) is 3.86. The predicted molar refractivity (Wildman–Crippen MR) is 233 cm³/mol. The van der Waals surface area contributed by atoms with Crippen molar-refractivity contribution in [2.24, 2.45) is 11.8 Å². The molecule has 2 bridgehead atoms. The predicted octanol–water partition coefficient (Wildman–Crippen LogP) is 6.50. The zero-order chi connectivity index (χ0) is 42.4. The van der Waals surface area contributed by atoms with Crippen LogP contribution in [-0.2, 0) is 35.1 Å². The highest BCUT2D eigenvalue weighted by atomic mass is 79.9. The number of aliphatic hydroxyl groups excluding tert-OH is 1. The first-order chi connectivity index (χ1) is 28.5. The number of carbonyl (C=O) groups is 4. The van der Waals surface area contributed by atoms with E-state index in [4.69, 9.17) is 9.47 Å². The van der Waals surface area contributed by atoms with Crippen molar-refractivity contribution in [3.05, 3.63) is 121 Å². The monoisotopic (exact) mass is 868 g/mol. The van der Waals surface area contributed by atoms with Crippen LogP contribution in [0.15, 0.2) is 110 Å². The molecule has 3 saturated heterocycles. The summed E-state index contributed by atoms with van der Waals surface area (Å²) in [6.45, 7) is 15.1. The largest absolute Gasteiger partial charge is 0.455 e. The van der Waals surface area contributed by atoms with Crippen molar-refractivity contribution in [3.63, 3.8) is 0 Å². The third-order valence-corrected chi connectivity index (χ3v) is 13.2. The van der Waals surface area contributed by atoms with Crippen LogP contribution in [0.3, 0.4) is 0 Å². The number of ether oxygens (including phenoxy) is 2. The van der Waals surface area contributed by atoms with Crippen molar-refractivity contribution in [2.45, 2.75) is 87.2 Å². The molecule has 3 aliphatic heterocycles. The maximum atomic E-state index is 15.4. The zero-order valence-electron chi connectivity index (χ0n) is 34.5. The average molecular weight is 870 g/mol. The number of benzene rings is 3. The summed E-state index contributed by atoms with van der Waals surface area (Å²) >= 11 is 3.80. The van der Waals surface area contributed by atoms with E-state index in [-0.39, 0.29) is 31.7 Å². The first-order valence-corrected chi connectivity index (χ1v) is 21.6. The molecule has 0 radical (unpaired) electrons. The van der Waals surface area contributed by atoms with Crippen LogP contribution in [0.2, 0.25) is 0 Å². The van der Waals surface area contributed by atoms with E-state index in [2.05, 4.69) is 47.8 Å². The molecule has 0 aromatic heterocycles. The van der Waals surface area contributed by atoms with Gasteiger partial charge >= 0.3 is 5.97 Å². The Bertz CT molecular complexity index is 1960. The minimum absolute atomic E-state index is 0.125. The van der Waals surface area contributed by atoms with Crippen molar-refractivity contribution >= 4 is 51.0 Å². The van der Waals surface area contributed by atoms with Gasteiger partial charge < -0.3 is 34.2 Å². The van der Waals surface area contributed by atoms with Gasteiger partial charge in [0.25, 0.3) is 5.91 Å². The van der Waals surface area contributed by atoms with E-state index in [0.717, 1.165) is 24.3 Å². The van der Waals surface area contributed by atoms with Gasteiger partial charge in [-0.05, 0) is 75.4 Å². The van der Waals surface area contributed by atoms with Gasteiger partial charge in [0.15, 0.2) is 0 Å². The van der Waals surface area contributed by atoms with Crippen molar-refractivity contribution in [2.75, 3.05) is 43.1 Å². The van der Waals surface area contributed by atoms with Crippen LogP contribution in [0, 0.1) is 11.8 Å². The molecule has 3 heterocycles. The molecule has 3 aromatic carbocycles. The summed E-state index contributed by atoms with van der Waals surface area (Å²) in [5.41, 5.74) is 1.77. The van der Waals surface area contributed by atoms with E-state index in [0.29, 0.717) is 17.7 Å². The summed E-state index contributed by atoms with van der Waals surface area (Å²) in [6.07, 6.45) is 2.98. The number of nitrogens with zero attached hydrogens (tertiary/aromatic N) is 4. The molecule has 9 atom stereocenters. The lowest BCUT2D eigenvalue weighted by Crippen LogP contribution is -2.59. The molecule has 314 valence electrons. The summed E-state index contributed by atoms with van der Waals surface area (Å²) in [4.78, 5) is 65.2. The lowest BCUT2D eigenvalue weighted by atomic mass is 9.70. The highest BCUT2D eigenvalue weighted by molar-refractivity contribution is 9.09. The molecule has 3 amide bonds. The molecule has 3 aliphatic rings. The molecule has 12 heteroatoms. The van der Waals surface area contributed by atoms with E-state index in [1.807, 2.05) is 91.9 Å². The van der Waals surface area contributed by atoms with E-state index >= 15 is 9.59 Å². The van der Waals surface area contributed by atoms with E-state index < -0.39 is 77.0 Å². The maximum absolute atomic E-state index is 15.4. The topological polar surface area (TPSA) is 120 Å². The number of esters is 1. The quantitative estimate of drug-likeness (QED) is 0.0825. The van der Waals surface area contributed by atoms with Crippen molar-refractivity contribution < 1.29 is 33.8 Å². The smallest absolute Gasteiger partial charge is 0.313 e. The summed E-state index contributed by atoms with van der Waals surface area (Å²) in [7, 11) is 1.69. The van der Waals surface area contributed by atoms with Crippen LogP contribution >= 0.6 is 15.9 Å². The van der Waals surface area contributed by atoms with Crippen molar-refractivity contribution in [1.29, 1.82) is 0 Å². The second kappa shape index (κ2) is 19.1. The Morgan fingerprint density at radius 3 is 2.20 bits per heavy atom. The highest BCUT2D eigenvalue weighted by Crippen LogP contribution is 2.61. The van der Waals surface area contributed by atoms with Gasteiger partial charge in [0, 0.05) is 49.3 Å². The SMILES string of the molecule is C=CCCC(=O)N(C)[C@@H](C)[C@@H](OC(=O)[C@H]1[C@@H]2O[C@@]3(CC2Br)[C@@H]1C(=O)N([C@@H](CO)Cc1ccccc1)[C@@H]3C(=O)N(CC=C)c1ccc(N(CC)CC)cc1)c1ccccc1. The van der Waals surface area contributed by atoms with Gasteiger partial charge in [-0.2, -0.15) is 0 Å². The number of fused-ring (bicyclic) bond motifs is 1. The number of allylic oxidation sites excluding steroid dienone is 1. The number of aliphatic hydroxyl groups is 1. The fourth-order valence-corrected chi connectivity index (χ4v) is 10.2. The second-order valence-electron chi connectivity index (χ2n) is 15.7. The molecular formula is C47H57BrN4O7. The fourth-order valence-electron chi connectivity index (χ4n) is 9.30. The molecule has 1 unspecified atom stereocenters. The highest BCUT2D eigenvalue weighted by Gasteiger charge is 2.77. The number of carbonyl (C=O) groups excluding carboxylic acids is 4. The number of hydrogen-bond acceptors (Lipinski definition) is 8. The van der Waals surface area contributed by atoms with Crippen molar-refractivity contribution in [1.82, 2.24) is 9.80 Å². The fraction of sp³-hybridized carbons (Fsp3) is 0.447. The Balaban J connectivity index is 1.41. The maximum Gasteiger partial charge on any atom is 0.313 e. The summed E-state index contributed by atoms with van der Waals surface area (Å²) in [5.74, 6) is -3.79. The minimum atomic E-state index is -1.42. The van der Waals surface area contributed by atoms with Crippen LogP contribution in [-0.4, -0.2) is 107 Å². The number of anilines is 2. The standard InChI is InChI=1S/C47H57BrN4O7/c1-7-11-22-38(54)49(6)31(5)41(33-20-16-13-17-21-33)58-46(57)39-40-44(55)52(36(30-53)28-32-18-14-12-15-19-32)43(47(40)29-37(48)42(39)59-47)45(56)51(27-8-2)35-25-23-34(24-26-35)50(9-3)10-4/h7-8,12-21,23-26,31,36-37,39-43,53H,1-2,9-11,22,27-30H2,3-6H3/t31-,36+,37?,39+,40-,41+,42+,43+,47-/m0/s1. The molecule has 0 saturated carbocycles. The normalized spacial score (nSPS) is 24.5. The molecule has 59 heavy (non-hydrogen) atoms. The van der Waals surface area contributed by atoms with E-state index in [9.17, 15) is 14.7 Å². The van der Waals surface area contributed by atoms with Gasteiger partial charge in [-0.1, -0.05) is 88.7 Å². The molecule has 1 spiro atoms. The number of rotatable bonds is 19. The van der Waals surface area contributed by atoms with Crippen LogP contribution < -0.4 is 9.80 Å². The molecule has 6 rings (SSSR count). The van der Waals surface area contributed by atoms with Crippen LogP contribution in [0.4, 0.5) is 11.4 Å². The van der Waals surface area contributed by atoms with Gasteiger partial charge in [-0.15, -0.1) is 13.2 Å². The van der Waals surface area contributed by atoms with Gasteiger partial charge in [-0.3, -0.25) is 19.2 Å². The number of halogens is 1. The first-order valence-electron chi connectivity index (χ1n) is 20.6. The third kappa shape index (κ3) is 8.49. The molecule has 11 nitrogen and oxygen atoms in total. The van der Waals surface area contributed by atoms with Gasteiger partial charge in [-0.25, -0.2) is 0 Å². The van der Waals surface area contributed by atoms with Crippen LogP contribution in [0.5, 0.6) is 0 Å². The van der Waals surface area contributed by atoms with Crippen LogP contribution in [0.1, 0.15) is 57.3 Å². The van der Waals surface area contributed by atoms with Gasteiger partial charge in [0.1, 0.15) is 17.7 Å². The number of amides is 3. The summed E-state index contributed by atoms with van der Waals surface area (Å²) in [5, 5.41) is 11.0. The Hall–Kier alpha value is -4.78. The molecular weight excluding hydrogens is 812 g/mol. The Kier molecular flexibility index (Phi) is 14.2. The molecule has 3 aromatic rings. The number of likely N-dealkylation sites (tertiary alicyclic amines) is 1. The zero-order valence-corrected chi connectivity index (χ0v) is 36.1. The first kappa shape index (κ1) is 43.8. The van der Waals surface area contributed by atoms with Gasteiger partial charge in [0.05, 0.1) is 36.6 Å². The molecule has 3 fully saturated rings. The molecule has 0 aliphatic carbocycles. The second-order valence-corrected chi connectivity index (χ2v) is 16.9. The lowest BCUT2D eigenvalue weighted by molar-refractivity contribution is -0.165. The Morgan fingerprint density at radius 1 is 0.983 bits per heavy atom. The van der Waals surface area contributed by atoms with Gasteiger partial charge in [0.2, 0.25) is 11.8 Å². The van der Waals surface area contributed by atoms with Crippen molar-refractivity contribution in [3.8, 4) is 0 Å². The Labute approximate surface area is 356 Å². The number of alkyl halides is 1. The molecule has 1 N–H and O–H groups in total. The number of likely N-dealkylation sites (N-methyl/N-ethyl adjacent to an activating group) is 1. The van der Waals surface area contributed by atoms with E-state index in [1.165, 1.54) is 4.90 Å². The minimum Gasteiger partial charge on any atom is -0.455 e. The Morgan fingerprint density at radius 2 is 1.61 bits per heavy atom.